The third-order valence-electron chi connectivity index (χ3n) is 5.28. The van der Waals surface area contributed by atoms with E-state index in [1.165, 1.54) is 0 Å². The number of hydrogen-bond donors (Lipinski definition) is 1. The lowest BCUT2D eigenvalue weighted by molar-refractivity contribution is -0.143. The van der Waals surface area contributed by atoms with E-state index in [9.17, 15) is 40.3 Å². The predicted molar refractivity (Wildman–Crippen MR) is 119 cm³/mol. The van der Waals surface area contributed by atoms with E-state index in [4.69, 9.17) is 14.1 Å². The largest absolute Gasteiger partial charge is 0.420 e. The van der Waals surface area contributed by atoms with E-state index in [0.717, 1.165) is 41.1 Å². The molecule has 1 saturated heterocycles. The molecule has 2 N–H and O–H groups in total. The van der Waals surface area contributed by atoms with Gasteiger partial charge in [0, 0.05) is 32.4 Å². The first-order valence-electron chi connectivity index (χ1n) is 10.3. The van der Waals surface area contributed by atoms with Crippen LogP contribution in [0.3, 0.4) is 0 Å². The number of nitrogens with zero attached hydrogens (tertiary/aromatic N) is 3. The van der Waals surface area contributed by atoms with Gasteiger partial charge < -0.3 is 9.64 Å². The highest BCUT2D eigenvalue weighted by atomic mass is 32.2. The highest BCUT2D eigenvalue weighted by Crippen LogP contribution is 2.47. The maximum Gasteiger partial charge on any atom is 0.420 e. The molecule has 0 radical (unpaired) electrons. The number of urea groups is 1. The first-order valence-corrected chi connectivity index (χ1v) is 11.1. The lowest BCUT2D eigenvalue weighted by Gasteiger charge is -2.26. The molecule has 2 aromatic carbocycles. The number of alkyl halides is 6. The summed E-state index contributed by atoms with van der Waals surface area (Å²) in [5.74, 6) is -1.94. The minimum absolute atomic E-state index is 0.0228. The molecule has 0 spiro atoms. The Morgan fingerprint density at radius 1 is 1.08 bits per heavy atom. The highest BCUT2D eigenvalue weighted by molar-refractivity contribution is 7.92. The molecule has 16 heteroatoms. The first-order chi connectivity index (χ1) is 17.2. The van der Waals surface area contributed by atoms with Crippen LogP contribution >= 0.6 is 12.2 Å². The minimum atomic E-state index is -5.39. The van der Waals surface area contributed by atoms with Crippen LogP contribution in [-0.4, -0.2) is 50.3 Å². The van der Waals surface area contributed by atoms with Crippen molar-refractivity contribution in [3.05, 3.63) is 53.3 Å². The summed E-state index contributed by atoms with van der Waals surface area (Å²) in [7, 11) is 1.10. The normalized spacial score (nSPS) is 14.4. The molecule has 3 amide bonds. The molecule has 1 aliphatic heterocycles. The highest BCUT2D eigenvalue weighted by Gasteiger charge is 2.44. The number of ether oxygens (including phenoxy) is 1. The van der Waals surface area contributed by atoms with Gasteiger partial charge in [-0.05, 0) is 36.4 Å². The van der Waals surface area contributed by atoms with Crippen molar-refractivity contribution in [1.82, 2.24) is 4.90 Å². The molecule has 37 heavy (non-hydrogen) atoms. The summed E-state index contributed by atoms with van der Waals surface area (Å²) in [6, 6.07) is 3.42. The average Bonchev–Trinajstić information content (AvgIpc) is 3.17. The van der Waals surface area contributed by atoms with Crippen molar-refractivity contribution in [2.75, 3.05) is 43.1 Å². The number of halogens is 7. The van der Waals surface area contributed by atoms with Gasteiger partial charge in [0.05, 0.1) is 30.1 Å². The number of hydrogen-bond acceptors (Lipinski definition) is 6. The average molecular weight is 556 g/mol. The summed E-state index contributed by atoms with van der Waals surface area (Å²) in [5, 5.41) is 5.12. The maximum absolute atomic E-state index is 13.9. The van der Waals surface area contributed by atoms with Gasteiger partial charge in [0.2, 0.25) is 0 Å². The van der Waals surface area contributed by atoms with E-state index in [-0.39, 0.29) is 38.0 Å². The van der Waals surface area contributed by atoms with Crippen LogP contribution < -0.4 is 19.7 Å². The zero-order valence-corrected chi connectivity index (χ0v) is 19.7. The predicted octanol–water partition coefficient (Wildman–Crippen LogP) is 5.28. The van der Waals surface area contributed by atoms with E-state index < -0.39 is 52.9 Å². The molecule has 0 aliphatic carbocycles. The summed E-state index contributed by atoms with van der Waals surface area (Å²) < 4.78 is 105. The molecule has 3 rings (SSSR count). The van der Waals surface area contributed by atoms with Crippen molar-refractivity contribution >= 4 is 35.7 Å². The Kier molecular flexibility index (Phi) is 8.44. The topological polar surface area (TPSA) is 88.3 Å². The number of carbonyl (C=O) groups excluding carboxylic acids is 2. The fraction of sp³-hybridized carbons (Fsp3) is 0.333. The van der Waals surface area contributed by atoms with Crippen LogP contribution in [0.25, 0.3) is 0 Å². The standard InChI is InChI=1S/C21H19F7N4O4S/c1-30(14-4-2-13(22)3-5-14)19(34)36-17-15(21(26,27)28)10-12(20(23,24)25)11-16(17)32-7-6-31(18(32)33)8-9-35-37-29/h2-5,10-11H,6-9,29H2,1H3. The van der Waals surface area contributed by atoms with Gasteiger partial charge in [-0.25, -0.2) is 14.0 Å². The Bertz CT molecular complexity index is 1150. The van der Waals surface area contributed by atoms with Crippen LogP contribution in [0.1, 0.15) is 11.1 Å². The van der Waals surface area contributed by atoms with E-state index in [1.807, 2.05) is 0 Å². The van der Waals surface area contributed by atoms with Crippen molar-refractivity contribution in [3.8, 4) is 5.75 Å². The first kappa shape index (κ1) is 28.3. The van der Waals surface area contributed by atoms with E-state index in [1.54, 1.807) is 0 Å². The monoisotopic (exact) mass is 556 g/mol. The fourth-order valence-electron chi connectivity index (χ4n) is 3.43. The molecule has 0 bridgehead atoms. The van der Waals surface area contributed by atoms with Crippen LogP contribution in [0.4, 0.5) is 51.7 Å². The third kappa shape index (κ3) is 6.56. The SMILES string of the molecule is CN(C(=O)Oc1c(N2CCN(CCOSN)C2=O)cc(C(F)(F)F)cc1C(F)(F)F)c1ccc(F)cc1. The summed E-state index contributed by atoms with van der Waals surface area (Å²) >= 11 is 0.519. The van der Waals surface area contributed by atoms with Crippen molar-refractivity contribution < 1.29 is 49.2 Å². The Hall–Kier alpha value is -3.24. The molecule has 202 valence electrons. The van der Waals surface area contributed by atoms with Gasteiger partial charge in [-0.2, -0.15) is 26.3 Å². The van der Waals surface area contributed by atoms with E-state index in [0.29, 0.717) is 23.2 Å². The molecule has 1 fully saturated rings. The van der Waals surface area contributed by atoms with Gasteiger partial charge in [-0.15, -0.1) is 0 Å². The van der Waals surface area contributed by atoms with Crippen molar-refractivity contribution in [2.45, 2.75) is 12.4 Å². The van der Waals surface area contributed by atoms with Gasteiger partial charge in [-0.3, -0.25) is 19.1 Å². The Balaban J connectivity index is 2.07. The lowest BCUT2D eigenvalue weighted by atomic mass is 10.1. The smallest absolute Gasteiger partial charge is 0.407 e. The fourth-order valence-corrected chi connectivity index (χ4v) is 3.60. The maximum atomic E-state index is 13.9. The Labute approximate surface area is 210 Å². The molecule has 8 nitrogen and oxygen atoms in total. The van der Waals surface area contributed by atoms with Gasteiger partial charge in [0.15, 0.2) is 5.75 Å². The van der Waals surface area contributed by atoms with Gasteiger partial charge in [-0.1, -0.05) is 0 Å². The lowest BCUT2D eigenvalue weighted by Crippen LogP contribution is -2.35. The zero-order valence-electron chi connectivity index (χ0n) is 18.9. The molecule has 1 aliphatic rings. The Morgan fingerprint density at radius 2 is 1.73 bits per heavy atom. The second-order valence-corrected chi connectivity index (χ2v) is 8.04. The van der Waals surface area contributed by atoms with Gasteiger partial charge >= 0.3 is 24.5 Å². The minimum Gasteiger partial charge on any atom is -0.407 e. The van der Waals surface area contributed by atoms with Crippen molar-refractivity contribution in [2.24, 2.45) is 5.14 Å². The van der Waals surface area contributed by atoms with E-state index >= 15 is 0 Å². The van der Waals surface area contributed by atoms with Crippen molar-refractivity contribution in [1.29, 1.82) is 0 Å². The van der Waals surface area contributed by atoms with Gasteiger partial charge in [0.25, 0.3) is 0 Å². The van der Waals surface area contributed by atoms with Crippen LogP contribution in [0.15, 0.2) is 36.4 Å². The summed E-state index contributed by atoms with van der Waals surface area (Å²) in [6.07, 6.45) is -12.0. The molecule has 2 aromatic rings. The summed E-state index contributed by atoms with van der Waals surface area (Å²) in [5.41, 5.74) is -4.48. The third-order valence-corrected chi connectivity index (χ3v) is 5.58. The van der Waals surface area contributed by atoms with Crippen LogP contribution in [0.5, 0.6) is 5.75 Å². The Morgan fingerprint density at radius 3 is 2.30 bits per heavy atom. The number of carbonyl (C=O) groups is 2. The number of benzene rings is 2. The summed E-state index contributed by atoms with van der Waals surface area (Å²) in [6.45, 7) is -0.460. The molecule has 0 atom stereocenters. The van der Waals surface area contributed by atoms with E-state index in [2.05, 4.69) is 0 Å². The van der Waals surface area contributed by atoms with Crippen LogP contribution in [-0.2, 0) is 16.5 Å². The number of rotatable bonds is 7. The molecule has 0 unspecified atom stereocenters. The second-order valence-electron chi connectivity index (χ2n) is 7.61. The van der Waals surface area contributed by atoms with Gasteiger partial charge in [0.1, 0.15) is 11.4 Å². The van der Waals surface area contributed by atoms with Crippen molar-refractivity contribution in [3.63, 3.8) is 0 Å². The second kappa shape index (κ2) is 11.0. The van der Waals surface area contributed by atoms with Crippen LogP contribution in [0, 0.1) is 5.82 Å². The summed E-state index contributed by atoms with van der Waals surface area (Å²) in [4.78, 5) is 28.1. The number of amides is 3. The quantitative estimate of drug-likeness (QED) is 0.216. The molecule has 0 saturated carbocycles. The molecular weight excluding hydrogens is 537 g/mol. The molecular formula is C21H19F7N4O4S. The number of anilines is 2. The molecule has 0 aromatic heterocycles. The zero-order chi connectivity index (χ0) is 27.5. The van der Waals surface area contributed by atoms with Crippen LogP contribution in [0.2, 0.25) is 0 Å². The molecule has 1 heterocycles. The number of nitrogens with two attached hydrogens (primary N) is 1.